The number of halogens is 1. The number of carboxylic acid groups (broad SMARTS) is 1. The Morgan fingerprint density at radius 3 is 2.59 bits per heavy atom. The van der Waals surface area contributed by atoms with Gasteiger partial charge in [-0.05, 0) is 37.0 Å². The Balaban J connectivity index is 1.90. The maximum Gasteiger partial charge on any atom is 0.339 e. The van der Waals surface area contributed by atoms with Crippen molar-refractivity contribution in [2.24, 2.45) is 5.92 Å². The number of hydrogen-bond donors (Lipinski definition) is 2. The molecule has 2 aromatic rings. The molecule has 1 aromatic carbocycles. The fraction of sp³-hybridized carbons (Fsp3) is 0.333. The minimum absolute atomic E-state index is 0.0380. The highest BCUT2D eigenvalue weighted by Crippen LogP contribution is 2.28. The maximum atomic E-state index is 12.5. The van der Waals surface area contributed by atoms with Gasteiger partial charge in [0.25, 0.3) is 10.0 Å². The monoisotopic (exact) mass is 409 g/mol. The number of anilines is 2. The third-order valence-electron chi connectivity index (χ3n) is 4.56. The van der Waals surface area contributed by atoms with Crippen molar-refractivity contribution >= 4 is 39.1 Å². The van der Waals surface area contributed by atoms with E-state index >= 15 is 0 Å². The Morgan fingerprint density at radius 2 is 1.96 bits per heavy atom. The molecule has 7 nitrogen and oxygen atoms in total. The smallest absolute Gasteiger partial charge is 0.339 e. The molecule has 0 unspecified atom stereocenters. The lowest BCUT2D eigenvalue weighted by molar-refractivity contribution is 0.0697. The molecule has 0 bridgehead atoms. The summed E-state index contributed by atoms with van der Waals surface area (Å²) in [5.74, 6) is -0.207. The van der Waals surface area contributed by atoms with Crippen LogP contribution in [0.5, 0.6) is 0 Å². The number of carboxylic acids is 1. The van der Waals surface area contributed by atoms with Crippen molar-refractivity contribution in [1.82, 2.24) is 4.98 Å². The lowest BCUT2D eigenvalue weighted by Gasteiger charge is -2.32. The quantitative estimate of drug-likeness (QED) is 0.784. The second kappa shape index (κ2) is 7.74. The fourth-order valence-corrected chi connectivity index (χ4v) is 4.57. The van der Waals surface area contributed by atoms with Gasteiger partial charge < -0.3 is 10.0 Å². The van der Waals surface area contributed by atoms with Crippen LogP contribution in [0, 0.1) is 5.92 Å². The van der Waals surface area contributed by atoms with Crippen LogP contribution in [-0.2, 0) is 10.0 Å². The Hall–Kier alpha value is -2.32. The van der Waals surface area contributed by atoms with E-state index in [2.05, 4.69) is 16.6 Å². The molecular weight excluding hydrogens is 390 g/mol. The Kier molecular flexibility index (Phi) is 5.57. The number of carbonyl (C=O) groups is 1. The van der Waals surface area contributed by atoms with E-state index in [-0.39, 0.29) is 21.2 Å². The Morgan fingerprint density at radius 1 is 1.30 bits per heavy atom. The minimum Gasteiger partial charge on any atom is -0.478 e. The van der Waals surface area contributed by atoms with Gasteiger partial charge in [0.05, 0.1) is 16.9 Å². The highest BCUT2D eigenvalue weighted by molar-refractivity contribution is 7.92. The van der Waals surface area contributed by atoms with Crippen molar-refractivity contribution in [3.63, 3.8) is 0 Å². The van der Waals surface area contributed by atoms with Gasteiger partial charge in [-0.25, -0.2) is 18.2 Å². The summed E-state index contributed by atoms with van der Waals surface area (Å²) in [5.41, 5.74) is 0.0327. The molecule has 1 saturated heterocycles. The zero-order valence-electron chi connectivity index (χ0n) is 14.7. The number of rotatable bonds is 5. The van der Waals surface area contributed by atoms with E-state index in [0.29, 0.717) is 11.7 Å². The van der Waals surface area contributed by atoms with Crippen molar-refractivity contribution in [1.29, 1.82) is 0 Å². The first kappa shape index (κ1) is 19.4. The number of nitrogens with one attached hydrogen (secondary N) is 1. The number of benzene rings is 1. The van der Waals surface area contributed by atoms with Gasteiger partial charge in [-0.3, -0.25) is 4.72 Å². The molecule has 1 aromatic heterocycles. The summed E-state index contributed by atoms with van der Waals surface area (Å²) < 4.78 is 27.4. The van der Waals surface area contributed by atoms with Crippen molar-refractivity contribution < 1.29 is 18.3 Å². The van der Waals surface area contributed by atoms with Crippen molar-refractivity contribution in [2.45, 2.75) is 24.7 Å². The van der Waals surface area contributed by atoms with E-state index in [9.17, 15) is 18.3 Å². The van der Waals surface area contributed by atoms with Crippen molar-refractivity contribution in [3.05, 3.63) is 47.1 Å². The van der Waals surface area contributed by atoms with E-state index in [1.54, 1.807) is 12.1 Å². The number of nitrogens with zero attached hydrogens (tertiary/aromatic N) is 2. The molecule has 0 atom stereocenters. The van der Waals surface area contributed by atoms with Crippen LogP contribution >= 0.6 is 11.6 Å². The summed E-state index contributed by atoms with van der Waals surface area (Å²) in [7, 11) is -3.96. The van der Waals surface area contributed by atoms with Crippen LogP contribution in [-0.4, -0.2) is 37.6 Å². The molecular formula is C18H20ClN3O4S. The van der Waals surface area contributed by atoms with Crippen LogP contribution in [0.4, 0.5) is 11.5 Å². The van der Waals surface area contributed by atoms with Gasteiger partial charge in [-0.2, -0.15) is 0 Å². The summed E-state index contributed by atoms with van der Waals surface area (Å²) >= 11 is 5.96. The van der Waals surface area contributed by atoms with E-state index < -0.39 is 16.0 Å². The van der Waals surface area contributed by atoms with Crippen LogP contribution < -0.4 is 9.62 Å². The number of piperidine rings is 1. The molecule has 0 saturated carbocycles. The third-order valence-corrected chi connectivity index (χ3v) is 6.44. The number of aromatic carboxylic acids is 1. The molecule has 1 aliphatic rings. The van der Waals surface area contributed by atoms with E-state index in [0.717, 1.165) is 25.9 Å². The topological polar surface area (TPSA) is 99.6 Å². The molecule has 1 fully saturated rings. The number of aromatic nitrogens is 1. The molecule has 27 heavy (non-hydrogen) atoms. The fourth-order valence-electron chi connectivity index (χ4n) is 3.02. The van der Waals surface area contributed by atoms with Crippen molar-refractivity contribution in [3.8, 4) is 0 Å². The van der Waals surface area contributed by atoms with Gasteiger partial charge in [-0.15, -0.1) is 0 Å². The predicted octanol–water partition coefficient (Wildman–Crippen LogP) is 3.47. The number of hydrogen-bond acceptors (Lipinski definition) is 5. The van der Waals surface area contributed by atoms with Crippen LogP contribution in [0.2, 0.25) is 5.02 Å². The van der Waals surface area contributed by atoms with Crippen LogP contribution in [0.1, 0.15) is 30.1 Å². The van der Waals surface area contributed by atoms with Gasteiger partial charge in [0, 0.05) is 13.1 Å². The molecule has 1 aliphatic heterocycles. The Bertz CT molecular complexity index is 957. The minimum atomic E-state index is -3.96. The second-order valence-electron chi connectivity index (χ2n) is 6.61. The summed E-state index contributed by atoms with van der Waals surface area (Å²) in [6, 6.07) is 7.32. The molecule has 0 aliphatic carbocycles. The predicted molar refractivity (Wildman–Crippen MR) is 104 cm³/mol. The van der Waals surface area contributed by atoms with Gasteiger partial charge in [0.1, 0.15) is 16.3 Å². The summed E-state index contributed by atoms with van der Waals surface area (Å²) in [5, 5.41) is 9.65. The van der Waals surface area contributed by atoms with Crippen LogP contribution in [0.3, 0.4) is 0 Å². The lowest BCUT2D eigenvalue weighted by Crippen LogP contribution is -2.34. The van der Waals surface area contributed by atoms with E-state index in [1.165, 1.54) is 24.4 Å². The van der Waals surface area contributed by atoms with Gasteiger partial charge in [0.15, 0.2) is 0 Å². The van der Waals surface area contributed by atoms with Crippen LogP contribution in [0.15, 0.2) is 41.4 Å². The van der Waals surface area contributed by atoms with Gasteiger partial charge in [0.2, 0.25) is 0 Å². The van der Waals surface area contributed by atoms with E-state index in [4.69, 9.17) is 11.6 Å². The average Bonchev–Trinajstić information content (AvgIpc) is 2.62. The third kappa shape index (κ3) is 4.33. The molecule has 2 heterocycles. The molecule has 144 valence electrons. The first-order valence-corrected chi connectivity index (χ1v) is 10.4. The summed E-state index contributed by atoms with van der Waals surface area (Å²) in [6.45, 7) is 3.60. The molecule has 2 N–H and O–H groups in total. The molecule has 0 spiro atoms. The molecule has 3 rings (SSSR count). The standard InChI is InChI=1S/C18H20ClN3O4S/c1-12-6-8-22(9-7-12)17-14(18(23)24)10-13(11-20-17)21-27(25,26)16-5-3-2-4-15(16)19/h2-5,10-12,21H,6-9H2,1H3,(H,23,24). The normalized spacial score (nSPS) is 15.6. The van der Waals surface area contributed by atoms with Gasteiger partial charge >= 0.3 is 5.97 Å². The number of pyridine rings is 1. The zero-order valence-corrected chi connectivity index (χ0v) is 16.3. The highest BCUT2D eigenvalue weighted by atomic mass is 35.5. The molecule has 0 amide bonds. The molecule has 0 radical (unpaired) electrons. The summed E-state index contributed by atoms with van der Waals surface area (Å²) in [6.07, 6.45) is 3.25. The Labute approximate surface area is 163 Å². The van der Waals surface area contributed by atoms with Crippen LogP contribution in [0.25, 0.3) is 0 Å². The van der Waals surface area contributed by atoms with Crippen molar-refractivity contribution in [2.75, 3.05) is 22.7 Å². The largest absolute Gasteiger partial charge is 0.478 e. The second-order valence-corrected chi connectivity index (χ2v) is 8.66. The van der Waals surface area contributed by atoms with Gasteiger partial charge in [-0.1, -0.05) is 30.7 Å². The van der Waals surface area contributed by atoms with E-state index in [1.807, 2.05) is 4.90 Å². The average molecular weight is 410 g/mol. The zero-order chi connectivity index (χ0) is 19.6. The SMILES string of the molecule is CC1CCN(c2ncc(NS(=O)(=O)c3ccccc3Cl)cc2C(=O)O)CC1. The summed E-state index contributed by atoms with van der Waals surface area (Å²) in [4.78, 5) is 17.8. The first-order chi connectivity index (χ1) is 12.8. The highest BCUT2D eigenvalue weighted by Gasteiger charge is 2.24. The maximum absolute atomic E-state index is 12.5. The lowest BCUT2D eigenvalue weighted by atomic mass is 9.99. The number of sulfonamides is 1. The first-order valence-electron chi connectivity index (χ1n) is 8.53. The molecule has 9 heteroatoms.